The van der Waals surface area contributed by atoms with Crippen LogP contribution in [0.1, 0.15) is 60.5 Å². The van der Waals surface area contributed by atoms with Gasteiger partial charge in [-0.2, -0.15) is 0 Å². The molecule has 1 aromatic heterocycles. The molecular formula is C21H28N2O2S. The fraction of sp³-hybridized carbons (Fsp3) is 0.429. The first-order valence-electron chi connectivity index (χ1n) is 9.15. The molecule has 1 aromatic carbocycles. The van der Waals surface area contributed by atoms with Crippen LogP contribution in [0.4, 0.5) is 0 Å². The van der Waals surface area contributed by atoms with Crippen LogP contribution in [0.2, 0.25) is 0 Å². The molecule has 0 aliphatic carbocycles. The van der Waals surface area contributed by atoms with Gasteiger partial charge in [0.25, 0.3) is 5.91 Å². The van der Waals surface area contributed by atoms with Crippen LogP contribution < -0.4 is 10.6 Å². The summed E-state index contributed by atoms with van der Waals surface area (Å²) in [4.78, 5) is 24.6. The lowest BCUT2D eigenvalue weighted by Crippen LogP contribution is -2.28. The Morgan fingerprint density at radius 1 is 1.08 bits per heavy atom. The Labute approximate surface area is 160 Å². The molecule has 4 nitrogen and oxygen atoms in total. The van der Waals surface area contributed by atoms with Gasteiger partial charge in [0.1, 0.15) is 0 Å². The summed E-state index contributed by atoms with van der Waals surface area (Å²) in [6, 6.07) is 12.1. The van der Waals surface area contributed by atoms with E-state index in [9.17, 15) is 9.59 Å². The number of carbonyl (C=O) groups is 2. The third kappa shape index (κ3) is 6.64. The molecule has 0 saturated carbocycles. The van der Waals surface area contributed by atoms with Crippen LogP contribution >= 0.6 is 11.3 Å². The van der Waals surface area contributed by atoms with Gasteiger partial charge in [0, 0.05) is 13.0 Å². The summed E-state index contributed by atoms with van der Waals surface area (Å²) in [6.45, 7) is 6.91. The zero-order chi connectivity index (χ0) is 18.9. The van der Waals surface area contributed by atoms with Crippen molar-refractivity contribution in [2.45, 2.75) is 46.1 Å². The molecule has 0 radical (unpaired) electrons. The van der Waals surface area contributed by atoms with Crippen molar-refractivity contribution in [3.63, 3.8) is 0 Å². The summed E-state index contributed by atoms with van der Waals surface area (Å²) >= 11 is 1.41. The van der Waals surface area contributed by atoms with Crippen molar-refractivity contribution in [3.05, 3.63) is 57.8 Å². The molecule has 2 amide bonds. The molecule has 1 unspecified atom stereocenters. The van der Waals surface area contributed by atoms with Gasteiger partial charge in [-0.15, -0.1) is 11.3 Å². The molecule has 140 valence electrons. The highest BCUT2D eigenvalue weighted by Crippen LogP contribution is 2.16. The van der Waals surface area contributed by atoms with Gasteiger partial charge in [0.2, 0.25) is 5.91 Å². The third-order valence-electron chi connectivity index (χ3n) is 4.11. The highest BCUT2D eigenvalue weighted by Gasteiger charge is 2.10. The van der Waals surface area contributed by atoms with E-state index in [2.05, 4.69) is 48.7 Å². The summed E-state index contributed by atoms with van der Waals surface area (Å²) in [7, 11) is 0. The molecule has 0 aliphatic rings. The van der Waals surface area contributed by atoms with E-state index in [1.807, 2.05) is 18.4 Å². The van der Waals surface area contributed by atoms with Gasteiger partial charge >= 0.3 is 0 Å². The second kappa shape index (κ2) is 10.1. The maximum atomic E-state index is 12.1. The molecular weight excluding hydrogens is 344 g/mol. The highest BCUT2D eigenvalue weighted by molar-refractivity contribution is 7.12. The van der Waals surface area contributed by atoms with Crippen LogP contribution in [0.15, 0.2) is 41.8 Å². The van der Waals surface area contributed by atoms with E-state index in [0.717, 1.165) is 12.0 Å². The van der Waals surface area contributed by atoms with E-state index in [-0.39, 0.29) is 17.9 Å². The van der Waals surface area contributed by atoms with Crippen LogP contribution in [0, 0.1) is 5.92 Å². The van der Waals surface area contributed by atoms with Gasteiger partial charge < -0.3 is 10.6 Å². The second-order valence-corrected chi connectivity index (χ2v) is 7.91. The Kier molecular flexibility index (Phi) is 7.85. The Bertz CT molecular complexity index is 693. The fourth-order valence-electron chi connectivity index (χ4n) is 2.76. The standard InChI is InChI=1S/C21H28N2O2S/c1-15(2)14-17-8-10-18(11-9-17)16(3)23-20(24)7-4-12-22-21(25)19-6-5-13-26-19/h5-6,8-11,13,15-16H,4,7,12,14H2,1-3H3,(H,22,25)(H,23,24). The predicted octanol–water partition coefficient (Wildman–Crippen LogP) is 4.33. The molecule has 5 heteroatoms. The molecule has 1 heterocycles. The SMILES string of the molecule is CC(C)Cc1ccc(C(C)NC(=O)CCCNC(=O)c2cccs2)cc1. The number of amides is 2. The predicted molar refractivity (Wildman–Crippen MR) is 107 cm³/mol. The first-order chi connectivity index (χ1) is 12.5. The second-order valence-electron chi connectivity index (χ2n) is 6.97. The summed E-state index contributed by atoms with van der Waals surface area (Å²) in [5, 5.41) is 7.74. The fourth-order valence-corrected chi connectivity index (χ4v) is 3.40. The van der Waals surface area contributed by atoms with Gasteiger partial charge in [0.15, 0.2) is 0 Å². The van der Waals surface area contributed by atoms with Crippen molar-refractivity contribution in [1.82, 2.24) is 10.6 Å². The number of hydrogen-bond donors (Lipinski definition) is 2. The van der Waals surface area contributed by atoms with Crippen molar-refractivity contribution in [3.8, 4) is 0 Å². The smallest absolute Gasteiger partial charge is 0.261 e. The number of benzene rings is 1. The third-order valence-corrected chi connectivity index (χ3v) is 4.98. The largest absolute Gasteiger partial charge is 0.351 e. The Balaban J connectivity index is 1.69. The van der Waals surface area contributed by atoms with Crippen LogP contribution in [-0.2, 0) is 11.2 Å². The lowest BCUT2D eigenvalue weighted by Gasteiger charge is -2.15. The van der Waals surface area contributed by atoms with Crippen LogP contribution in [-0.4, -0.2) is 18.4 Å². The van der Waals surface area contributed by atoms with Gasteiger partial charge in [-0.25, -0.2) is 0 Å². The van der Waals surface area contributed by atoms with E-state index in [1.54, 1.807) is 6.07 Å². The number of nitrogens with one attached hydrogen (secondary N) is 2. The molecule has 1 atom stereocenters. The Morgan fingerprint density at radius 3 is 2.42 bits per heavy atom. The highest BCUT2D eigenvalue weighted by atomic mass is 32.1. The zero-order valence-electron chi connectivity index (χ0n) is 15.7. The molecule has 2 rings (SSSR count). The molecule has 2 aromatic rings. The topological polar surface area (TPSA) is 58.2 Å². The molecule has 0 bridgehead atoms. The van der Waals surface area contributed by atoms with Crippen molar-refractivity contribution in [2.75, 3.05) is 6.54 Å². The van der Waals surface area contributed by atoms with Crippen molar-refractivity contribution < 1.29 is 9.59 Å². The van der Waals surface area contributed by atoms with Gasteiger partial charge in [-0.3, -0.25) is 9.59 Å². The van der Waals surface area contributed by atoms with Crippen molar-refractivity contribution in [1.29, 1.82) is 0 Å². The van der Waals surface area contributed by atoms with E-state index < -0.39 is 0 Å². The lowest BCUT2D eigenvalue weighted by atomic mass is 10.00. The summed E-state index contributed by atoms with van der Waals surface area (Å²) in [5.41, 5.74) is 2.43. The zero-order valence-corrected chi connectivity index (χ0v) is 16.6. The van der Waals surface area contributed by atoms with Gasteiger partial charge in [-0.1, -0.05) is 44.2 Å². The van der Waals surface area contributed by atoms with E-state index >= 15 is 0 Å². The monoisotopic (exact) mass is 372 g/mol. The minimum atomic E-state index is -0.0738. The maximum Gasteiger partial charge on any atom is 0.261 e. The molecule has 2 N–H and O–H groups in total. The van der Waals surface area contributed by atoms with Crippen LogP contribution in [0.3, 0.4) is 0 Å². The van der Waals surface area contributed by atoms with Crippen molar-refractivity contribution in [2.24, 2.45) is 5.92 Å². The summed E-state index contributed by atoms with van der Waals surface area (Å²) < 4.78 is 0. The quantitative estimate of drug-likeness (QED) is 0.644. The molecule has 0 saturated heterocycles. The first kappa shape index (κ1) is 20.2. The average Bonchev–Trinajstić information content (AvgIpc) is 3.13. The normalized spacial score (nSPS) is 12.0. The summed E-state index contributed by atoms with van der Waals surface area (Å²) in [6.07, 6.45) is 2.10. The molecule has 26 heavy (non-hydrogen) atoms. The summed E-state index contributed by atoms with van der Waals surface area (Å²) in [5.74, 6) is 0.572. The number of hydrogen-bond acceptors (Lipinski definition) is 3. The van der Waals surface area contributed by atoms with Gasteiger partial charge in [0.05, 0.1) is 10.9 Å². The molecule has 0 aliphatic heterocycles. The number of rotatable bonds is 9. The van der Waals surface area contributed by atoms with Crippen molar-refractivity contribution >= 4 is 23.2 Å². The average molecular weight is 373 g/mol. The molecule has 0 spiro atoms. The number of carbonyl (C=O) groups excluding carboxylic acids is 2. The number of thiophene rings is 1. The van der Waals surface area contributed by atoms with E-state index in [4.69, 9.17) is 0 Å². The van der Waals surface area contributed by atoms with Crippen LogP contribution in [0.25, 0.3) is 0 Å². The molecule has 0 fully saturated rings. The lowest BCUT2D eigenvalue weighted by molar-refractivity contribution is -0.121. The van der Waals surface area contributed by atoms with Crippen LogP contribution in [0.5, 0.6) is 0 Å². The van der Waals surface area contributed by atoms with E-state index in [1.165, 1.54) is 16.9 Å². The Morgan fingerprint density at radius 2 is 1.81 bits per heavy atom. The van der Waals surface area contributed by atoms with Gasteiger partial charge in [-0.05, 0) is 48.3 Å². The maximum absolute atomic E-state index is 12.1. The minimum Gasteiger partial charge on any atom is -0.351 e. The Hall–Kier alpha value is -2.14. The minimum absolute atomic E-state index is 0.00845. The van der Waals surface area contributed by atoms with E-state index in [0.29, 0.717) is 30.2 Å². The first-order valence-corrected chi connectivity index (χ1v) is 10.0.